The smallest absolute Gasteiger partial charge is 0.376 e. The molecule has 1 aliphatic carbocycles. The second-order valence-electron chi connectivity index (χ2n) is 19.2. The Kier molecular flexibility index (Phi) is 9.22. The Labute approximate surface area is 377 Å². The SMILES string of the molecule is Cc1cc(-n2nc3c(c2-n2ccn(-c4ccc5c(cnn5C)c4F)c2=O)[C@H](C)N(C(=O)c2c(C4(c5noc(=O)[nH]5)C[C@@H]4C)c4ccc(C5CCOC(C)(C)C5)cc4n2C)CC3)cc(C)c1F. The van der Waals surface area contributed by atoms with E-state index in [0.717, 1.165) is 34.9 Å². The van der Waals surface area contributed by atoms with Crippen LogP contribution in [0.15, 0.2) is 75.2 Å². The first-order valence-corrected chi connectivity index (χ1v) is 22.4. The molecule has 0 bridgehead atoms. The fourth-order valence-corrected chi connectivity index (χ4v) is 11.2. The van der Waals surface area contributed by atoms with E-state index in [0.29, 0.717) is 76.9 Å². The third-order valence-corrected chi connectivity index (χ3v) is 14.7. The molecule has 4 atom stereocenters. The number of hydrogen-bond acceptors (Lipinski definition) is 8. The third-order valence-electron chi connectivity index (χ3n) is 14.7. The maximum absolute atomic E-state index is 16.2. The summed E-state index contributed by atoms with van der Waals surface area (Å²) < 4.78 is 50.3. The molecule has 2 unspecified atom stereocenters. The molecule has 8 aromatic rings. The molecule has 1 saturated carbocycles. The summed E-state index contributed by atoms with van der Waals surface area (Å²) in [6.07, 6.45) is 7.20. The highest BCUT2D eigenvalue weighted by Crippen LogP contribution is 2.60. The van der Waals surface area contributed by atoms with Gasteiger partial charge in [0, 0.05) is 68.1 Å². The molecule has 1 N–H and O–H groups in total. The van der Waals surface area contributed by atoms with Crippen LogP contribution < -0.4 is 11.4 Å². The van der Waals surface area contributed by atoms with Crippen LogP contribution in [0.4, 0.5) is 8.78 Å². The van der Waals surface area contributed by atoms with Crippen molar-refractivity contribution in [2.24, 2.45) is 20.0 Å². The number of imidazole rings is 1. The number of hydrogen-bond donors (Lipinski definition) is 1. The minimum atomic E-state index is -0.804. The summed E-state index contributed by atoms with van der Waals surface area (Å²) in [6, 6.07) is 12.4. The maximum atomic E-state index is 16.2. The Morgan fingerprint density at radius 2 is 1.67 bits per heavy atom. The number of H-pyrrole nitrogens is 1. The number of amides is 1. The summed E-state index contributed by atoms with van der Waals surface area (Å²) in [5.41, 5.74) is 4.85. The number of nitrogens with zero attached hydrogens (tertiary/aromatic N) is 9. The number of benzene rings is 3. The van der Waals surface area contributed by atoms with Gasteiger partial charge < -0.3 is 14.2 Å². The number of aromatic nitrogens is 9. The number of aromatic amines is 1. The first kappa shape index (κ1) is 41.8. The van der Waals surface area contributed by atoms with E-state index in [2.05, 4.69) is 54.2 Å². The molecular formula is C49H50F2N10O5. The van der Waals surface area contributed by atoms with Crippen molar-refractivity contribution >= 4 is 27.7 Å². The molecular weight excluding hydrogens is 847 g/mol. The largest absolute Gasteiger partial charge is 0.438 e. The Bertz CT molecular complexity index is 3430. The number of fused-ring (bicyclic) bond motifs is 3. The highest BCUT2D eigenvalue weighted by Gasteiger charge is 2.60. The summed E-state index contributed by atoms with van der Waals surface area (Å²) in [5, 5.41) is 14.7. The quantitative estimate of drug-likeness (QED) is 0.172. The van der Waals surface area contributed by atoms with E-state index in [1.54, 1.807) is 60.7 Å². The molecule has 15 nitrogen and oxygen atoms in total. The lowest BCUT2D eigenvalue weighted by atomic mass is 9.83. The van der Waals surface area contributed by atoms with E-state index >= 15 is 13.6 Å². The summed E-state index contributed by atoms with van der Waals surface area (Å²) in [6.45, 7) is 12.5. The highest BCUT2D eigenvalue weighted by atomic mass is 19.1. The summed E-state index contributed by atoms with van der Waals surface area (Å²) >= 11 is 0. The third kappa shape index (κ3) is 6.07. The van der Waals surface area contributed by atoms with Crippen molar-refractivity contribution in [3.05, 3.63) is 139 Å². The van der Waals surface area contributed by atoms with E-state index in [-0.39, 0.29) is 40.2 Å². The molecule has 3 aliphatic rings. The van der Waals surface area contributed by atoms with Crippen LogP contribution >= 0.6 is 0 Å². The molecule has 2 fully saturated rings. The fourth-order valence-electron chi connectivity index (χ4n) is 11.2. The van der Waals surface area contributed by atoms with Crippen LogP contribution in [0.2, 0.25) is 0 Å². The molecule has 11 rings (SSSR count). The number of aryl methyl sites for hydroxylation is 4. The van der Waals surface area contributed by atoms with Gasteiger partial charge in [-0.3, -0.25) is 28.1 Å². The van der Waals surface area contributed by atoms with Gasteiger partial charge in [-0.25, -0.2) is 23.1 Å². The summed E-state index contributed by atoms with van der Waals surface area (Å²) in [7, 11) is 3.63. The minimum Gasteiger partial charge on any atom is -0.376 e. The second-order valence-corrected chi connectivity index (χ2v) is 19.2. The number of carbonyl (C=O) groups excluding carboxylic acids is 1. The van der Waals surface area contributed by atoms with Gasteiger partial charge in [-0.15, -0.1) is 0 Å². The Morgan fingerprint density at radius 1 is 0.924 bits per heavy atom. The molecule has 0 radical (unpaired) electrons. The van der Waals surface area contributed by atoms with E-state index in [1.165, 1.54) is 21.5 Å². The summed E-state index contributed by atoms with van der Waals surface area (Å²) in [5.74, 6) is -0.861. The van der Waals surface area contributed by atoms with Gasteiger partial charge in [0.15, 0.2) is 11.6 Å². The Hall–Kier alpha value is -6.88. The average Bonchev–Trinajstić information content (AvgIpc) is 3.87. The molecule has 66 heavy (non-hydrogen) atoms. The minimum absolute atomic E-state index is 0.0174. The normalized spacial score (nSPS) is 21.5. The molecule has 0 spiro atoms. The Morgan fingerprint density at radius 3 is 2.36 bits per heavy atom. The van der Waals surface area contributed by atoms with Gasteiger partial charge >= 0.3 is 11.4 Å². The van der Waals surface area contributed by atoms with Gasteiger partial charge in [-0.2, -0.15) is 10.2 Å². The van der Waals surface area contributed by atoms with Crippen LogP contribution in [0.25, 0.3) is 39.0 Å². The van der Waals surface area contributed by atoms with Crippen molar-refractivity contribution in [2.45, 2.75) is 90.2 Å². The number of rotatable bonds is 7. The van der Waals surface area contributed by atoms with E-state index in [1.807, 2.05) is 23.4 Å². The first-order valence-electron chi connectivity index (χ1n) is 22.4. The molecule has 5 aromatic heterocycles. The monoisotopic (exact) mass is 896 g/mol. The van der Waals surface area contributed by atoms with Gasteiger partial charge in [0.1, 0.15) is 17.3 Å². The molecule has 340 valence electrons. The van der Waals surface area contributed by atoms with Crippen molar-refractivity contribution < 1.29 is 22.8 Å². The van der Waals surface area contributed by atoms with Gasteiger partial charge in [0.05, 0.1) is 51.2 Å². The number of ether oxygens (including phenoxy) is 1. The topological polar surface area (TPSA) is 156 Å². The van der Waals surface area contributed by atoms with Gasteiger partial charge in [-0.1, -0.05) is 24.2 Å². The van der Waals surface area contributed by atoms with Crippen LogP contribution in [-0.4, -0.2) is 73.0 Å². The lowest BCUT2D eigenvalue weighted by Crippen LogP contribution is -2.41. The molecule has 1 saturated heterocycles. The average molecular weight is 897 g/mol. The molecule has 3 aromatic carbocycles. The first-order chi connectivity index (χ1) is 31.5. The molecule has 17 heteroatoms. The Balaban J connectivity index is 1.07. The van der Waals surface area contributed by atoms with Crippen molar-refractivity contribution in [3.63, 3.8) is 0 Å². The lowest BCUT2D eigenvalue weighted by Gasteiger charge is -2.35. The van der Waals surface area contributed by atoms with Crippen LogP contribution in [0.1, 0.15) is 109 Å². The number of halogens is 2. The molecule has 1 amide bonds. The van der Waals surface area contributed by atoms with Crippen molar-refractivity contribution in [2.75, 3.05) is 13.2 Å². The predicted octanol–water partition coefficient (Wildman–Crippen LogP) is 7.52. The van der Waals surface area contributed by atoms with E-state index < -0.39 is 28.7 Å². The zero-order valence-electron chi connectivity index (χ0n) is 38.1. The number of nitrogens with one attached hydrogen (secondary N) is 1. The molecule has 2 aliphatic heterocycles. The number of carbonyl (C=O) groups is 1. The highest BCUT2D eigenvalue weighted by molar-refractivity contribution is 6.03. The molecule has 7 heterocycles. The standard InChI is InChI=1S/C49H50F2N10O5/c1-25-19-31(20-26(2)40(25)50)61-43(60-17-16-59(47(60)64)36-12-11-35-33(41(36)51)24-52-57(35)8)38-28(4)58(15-13-34(38)54-61)44(62)42-39(49(22-27(49)3)45-53-46(63)66-55-45)32-10-9-29(21-37(32)56(42)7)30-14-18-65-48(5,6)23-30/h9-12,16-17,19-21,24,27-28,30H,13-15,18,22-23H2,1-8H3,(H,53,55,63)/t27-,28-,30?,49?/m0/s1. The van der Waals surface area contributed by atoms with E-state index in [9.17, 15) is 9.59 Å². The van der Waals surface area contributed by atoms with Crippen LogP contribution in [0.3, 0.4) is 0 Å². The van der Waals surface area contributed by atoms with Crippen LogP contribution in [0.5, 0.6) is 0 Å². The van der Waals surface area contributed by atoms with Crippen molar-refractivity contribution in [3.8, 4) is 17.2 Å². The van der Waals surface area contributed by atoms with Crippen molar-refractivity contribution in [1.29, 1.82) is 0 Å². The fraction of sp³-hybridized carbons (Fsp3) is 0.388. The maximum Gasteiger partial charge on any atom is 0.438 e. The van der Waals surface area contributed by atoms with E-state index in [4.69, 9.17) is 14.4 Å². The van der Waals surface area contributed by atoms with Gasteiger partial charge in [0.25, 0.3) is 5.91 Å². The summed E-state index contributed by atoms with van der Waals surface area (Å²) in [4.78, 5) is 47.6. The lowest BCUT2D eigenvalue weighted by molar-refractivity contribution is -0.0592. The van der Waals surface area contributed by atoms with Crippen LogP contribution in [-0.2, 0) is 30.7 Å². The zero-order chi connectivity index (χ0) is 46.3. The van der Waals surface area contributed by atoms with Crippen molar-refractivity contribution in [1.82, 2.24) is 48.3 Å². The van der Waals surface area contributed by atoms with Crippen LogP contribution in [0, 0.1) is 31.4 Å². The predicted molar refractivity (Wildman–Crippen MR) is 242 cm³/mol. The van der Waals surface area contributed by atoms with Gasteiger partial charge in [-0.05, 0) is 113 Å². The zero-order valence-corrected chi connectivity index (χ0v) is 38.1. The second kappa shape index (κ2) is 14.6. The van der Waals surface area contributed by atoms with Gasteiger partial charge in [0.2, 0.25) is 0 Å².